The van der Waals surface area contributed by atoms with Crippen LogP contribution in [0, 0.1) is 5.41 Å². The number of ether oxygens (including phenoxy) is 2. The Morgan fingerprint density at radius 1 is 1.06 bits per heavy atom. The van der Waals surface area contributed by atoms with Crippen LogP contribution in [0.2, 0.25) is 0 Å². The normalized spacial score (nSPS) is 11.2. The fourth-order valence-corrected chi connectivity index (χ4v) is 1.21. The second-order valence-electron chi connectivity index (χ2n) is 4.52. The molecule has 0 atom stereocenters. The van der Waals surface area contributed by atoms with Gasteiger partial charge < -0.3 is 9.47 Å². The molecule has 0 amide bonds. The Bertz CT molecular complexity index is 306. The molecule has 0 saturated heterocycles. The molecule has 0 N–H and O–H groups in total. The predicted octanol–water partition coefficient (Wildman–Crippen LogP) is 3.42. The quantitative estimate of drug-likeness (QED) is 0.768. The third-order valence-corrected chi connectivity index (χ3v) is 3.05. The van der Waals surface area contributed by atoms with Crippen molar-refractivity contribution in [2.75, 3.05) is 19.0 Å². The summed E-state index contributed by atoms with van der Waals surface area (Å²) in [7, 11) is 0. The number of hydrogen-bond donors (Lipinski definition) is 1. The monoisotopic (exact) mass is 240 g/mol. The van der Waals surface area contributed by atoms with Crippen molar-refractivity contribution in [1.29, 1.82) is 0 Å². The Labute approximate surface area is 103 Å². The first-order valence-electron chi connectivity index (χ1n) is 5.54. The molecule has 1 aromatic rings. The molecule has 0 aromatic heterocycles. The van der Waals surface area contributed by atoms with Crippen molar-refractivity contribution in [1.82, 2.24) is 0 Å². The van der Waals surface area contributed by atoms with Gasteiger partial charge in [-0.2, -0.15) is 12.6 Å². The molecule has 90 valence electrons. The van der Waals surface area contributed by atoms with Crippen molar-refractivity contribution in [2.24, 2.45) is 5.41 Å². The lowest BCUT2D eigenvalue weighted by atomic mass is 9.98. The van der Waals surface area contributed by atoms with Gasteiger partial charge in [0.1, 0.15) is 11.5 Å². The molecule has 0 aliphatic heterocycles. The van der Waals surface area contributed by atoms with Crippen LogP contribution < -0.4 is 9.47 Å². The standard InChI is InChI=1S/C13H20O2S/c1-4-14-11-5-7-12(8-6-11)15-9-13(2,3)10-16/h5-8,16H,4,9-10H2,1-3H3. The molecule has 0 aliphatic rings. The largest absolute Gasteiger partial charge is 0.494 e. The average Bonchev–Trinajstić information content (AvgIpc) is 2.29. The average molecular weight is 240 g/mol. The first kappa shape index (κ1) is 13.2. The van der Waals surface area contributed by atoms with Gasteiger partial charge in [0.2, 0.25) is 0 Å². The van der Waals surface area contributed by atoms with Crippen molar-refractivity contribution in [3.63, 3.8) is 0 Å². The molecule has 0 bridgehead atoms. The van der Waals surface area contributed by atoms with Gasteiger partial charge in [-0.25, -0.2) is 0 Å². The Balaban J connectivity index is 2.49. The van der Waals surface area contributed by atoms with Crippen LogP contribution in [-0.4, -0.2) is 19.0 Å². The van der Waals surface area contributed by atoms with E-state index in [4.69, 9.17) is 9.47 Å². The zero-order chi connectivity index (χ0) is 12.0. The molecule has 0 spiro atoms. The number of rotatable bonds is 6. The van der Waals surface area contributed by atoms with E-state index in [9.17, 15) is 0 Å². The highest BCUT2D eigenvalue weighted by atomic mass is 32.1. The second kappa shape index (κ2) is 6.04. The summed E-state index contributed by atoms with van der Waals surface area (Å²) in [6.07, 6.45) is 0. The third kappa shape index (κ3) is 4.35. The van der Waals surface area contributed by atoms with Crippen molar-refractivity contribution < 1.29 is 9.47 Å². The number of hydrogen-bond acceptors (Lipinski definition) is 3. The van der Waals surface area contributed by atoms with Gasteiger partial charge in [-0.05, 0) is 36.9 Å². The molecule has 0 fully saturated rings. The van der Waals surface area contributed by atoms with Crippen molar-refractivity contribution >= 4 is 12.6 Å². The van der Waals surface area contributed by atoms with E-state index in [0.717, 1.165) is 17.3 Å². The van der Waals surface area contributed by atoms with Crippen LogP contribution in [0.4, 0.5) is 0 Å². The van der Waals surface area contributed by atoms with Crippen LogP contribution in [0.5, 0.6) is 11.5 Å². The predicted molar refractivity (Wildman–Crippen MR) is 70.7 cm³/mol. The maximum Gasteiger partial charge on any atom is 0.119 e. The van der Waals surface area contributed by atoms with Gasteiger partial charge in [-0.3, -0.25) is 0 Å². The summed E-state index contributed by atoms with van der Waals surface area (Å²) in [5.74, 6) is 2.56. The first-order valence-corrected chi connectivity index (χ1v) is 6.17. The van der Waals surface area contributed by atoms with Crippen LogP contribution in [-0.2, 0) is 0 Å². The molecule has 2 nitrogen and oxygen atoms in total. The Morgan fingerprint density at radius 2 is 1.56 bits per heavy atom. The minimum absolute atomic E-state index is 0.0989. The van der Waals surface area contributed by atoms with Crippen LogP contribution in [0.25, 0.3) is 0 Å². The first-order chi connectivity index (χ1) is 7.57. The smallest absolute Gasteiger partial charge is 0.119 e. The summed E-state index contributed by atoms with van der Waals surface area (Å²) in [5, 5.41) is 0. The van der Waals surface area contributed by atoms with Crippen LogP contribution >= 0.6 is 12.6 Å². The highest BCUT2D eigenvalue weighted by Gasteiger charge is 2.16. The summed E-state index contributed by atoms with van der Waals surface area (Å²) in [4.78, 5) is 0. The van der Waals surface area contributed by atoms with E-state index in [1.807, 2.05) is 31.2 Å². The van der Waals surface area contributed by atoms with E-state index in [0.29, 0.717) is 13.2 Å². The van der Waals surface area contributed by atoms with Crippen LogP contribution in [0.1, 0.15) is 20.8 Å². The van der Waals surface area contributed by atoms with Gasteiger partial charge in [0.25, 0.3) is 0 Å². The third-order valence-electron chi connectivity index (χ3n) is 2.19. The van der Waals surface area contributed by atoms with Crippen molar-refractivity contribution in [3.8, 4) is 11.5 Å². The van der Waals surface area contributed by atoms with Gasteiger partial charge in [-0.1, -0.05) is 13.8 Å². The molecular weight excluding hydrogens is 220 g/mol. The van der Waals surface area contributed by atoms with E-state index in [-0.39, 0.29) is 5.41 Å². The van der Waals surface area contributed by atoms with E-state index in [2.05, 4.69) is 26.5 Å². The van der Waals surface area contributed by atoms with Gasteiger partial charge in [0.15, 0.2) is 0 Å². The molecule has 0 saturated carbocycles. The Hall–Kier alpha value is -0.830. The second-order valence-corrected chi connectivity index (χ2v) is 4.83. The molecule has 0 unspecified atom stereocenters. The molecule has 0 radical (unpaired) electrons. The molecule has 1 rings (SSSR count). The lowest BCUT2D eigenvalue weighted by Crippen LogP contribution is -2.23. The maximum absolute atomic E-state index is 5.69. The minimum Gasteiger partial charge on any atom is -0.494 e. The molecule has 16 heavy (non-hydrogen) atoms. The van der Waals surface area contributed by atoms with E-state index in [1.54, 1.807) is 0 Å². The molecular formula is C13H20O2S. The fourth-order valence-electron chi connectivity index (χ4n) is 1.12. The van der Waals surface area contributed by atoms with Crippen LogP contribution in [0.3, 0.4) is 0 Å². The number of thiol groups is 1. The molecule has 0 heterocycles. The van der Waals surface area contributed by atoms with Gasteiger partial charge in [0.05, 0.1) is 13.2 Å². The summed E-state index contributed by atoms with van der Waals surface area (Å²) in [5.41, 5.74) is 0.0989. The van der Waals surface area contributed by atoms with Crippen molar-refractivity contribution in [3.05, 3.63) is 24.3 Å². The van der Waals surface area contributed by atoms with Gasteiger partial charge in [-0.15, -0.1) is 0 Å². The summed E-state index contributed by atoms with van der Waals surface area (Å²) in [6.45, 7) is 7.60. The Morgan fingerprint density at radius 3 is 2.00 bits per heavy atom. The maximum atomic E-state index is 5.69. The number of benzene rings is 1. The van der Waals surface area contributed by atoms with E-state index >= 15 is 0 Å². The van der Waals surface area contributed by atoms with E-state index < -0.39 is 0 Å². The van der Waals surface area contributed by atoms with E-state index in [1.165, 1.54) is 0 Å². The zero-order valence-corrected chi connectivity index (χ0v) is 11.1. The lowest BCUT2D eigenvalue weighted by Gasteiger charge is -2.22. The lowest BCUT2D eigenvalue weighted by molar-refractivity contribution is 0.202. The van der Waals surface area contributed by atoms with Crippen LogP contribution in [0.15, 0.2) is 24.3 Å². The van der Waals surface area contributed by atoms with Gasteiger partial charge in [0, 0.05) is 5.41 Å². The summed E-state index contributed by atoms with van der Waals surface area (Å²) in [6, 6.07) is 7.71. The highest BCUT2D eigenvalue weighted by Crippen LogP contribution is 2.22. The summed E-state index contributed by atoms with van der Waals surface area (Å²) >= 11 is 4.29. The van der Waals surface area contributed by atoms with Gasteiger partial charge >= 0.3 is 0 Å². The highest BCUT2D eigenvalue weighted by molar-refractivity contribution is 7.80. The molecule has 1 aromatic carbocycles. The summed E-state index contributed by atoms with van der Waals surface area (Å²) < 4.78 is 11.1. The fraction of sp³-hybridized carbons (Fsp3) is 0.538. The zero-order valence-electron chi connectivity index (χ0n) is 10.2. The van der Waals surface area contributed by atoms with Crippen molar-refractivity contribution in [2.45, 2.75) is 20.8 Å². The molecule has 0 aliphatic carbocycles. The topological polar surface area (TPSA) is 18.5 Å². The Kier molecular flexibility index (Phi) is 5.00. The molecule has 3 heteroatoms. The SMILES string of the molecule is CCOc1ccc(OCC(C)(C)CS)cc1. The minimum atomic E-state index is 0.0989.